The summed E-state index contributed by atoms with van der Waals surface area (Å²) in [5.41, 5.74) is 2.79. The Morgan fingerprint density at radius 3 is 2.78 bits per heavy atom. The second-order valence-corrected chi connectivity index (χ2v) is 6.25. The van der Waals surface area contributed by atoms with Crippen LogP contribution in [-0.4, -0.2) is 23.6 Å². The Morgan fingerprint density at radius 2 is 2.04 bits per heavy atom. The predicted octanol–water partition coefficient (Wildman–Crippen LogP) is 3.75. The smallest absolute Gasteiger partial charge is 0.230 e. The average molecular weight is 310 g/mol. The largest absolute Gasteiger partial charge is 0.377 e. The third-order valence-corrected chi connectivity index (χ3v) is 4.29. The van der Waals surface area contributed by atoms with Crippen LogP contribution in [0.4, 0.5) is 5.69 Å². The van der Waals surface area contributed by atoms with Crippen LogP contribution in [0.1, 0.15) is 20.3 Å². The maximum Gasteiger partial charge on any atom is 0.230 e. The fourth-order valence-corrected chi connectivity index (χ4v) is 3.14. The van der Waals surface area contributed by atoms with Crippen LogP contribution in [0.2, 0.25) is 0 Å². The van der Waals surface area contributed by atoms with Crippen LogP contribution in [0.5, 0.6) is 0 Å². The highest BCUT2D eigenvalue weighted by Crippen LogP contribution is 2.31. The maximum absolute atomic E-state index is 12.7. The first-order chi connectivity index (χ1) is 11.2. The number of hydrogen-bond donors (Lipinski definition) is 1. The van der Waals surface area contributed by atoms with Gasteiger partial charge in [-0.15, -0.1) is 0 Å². The van der Waals surface area contributed by atoms with Crippen LogP contribution >= 0.6 is 0 Å². The van der Waals surface area contributed by atoms with E-state index in [1.807, 2.05) is 36.4 Å². The number of nitrogens with one attached hydrogen (secondary N) is 1. The minimum atomic E-state index is -0.0983. The van der Waals surface area contributed by atoms with Gasteiger partial charge in [0.1, 0.15) is 0 Å². The lowest BCUT2D eigenvalue weighted by molar-refractivity contribution is -0.122. The molecule has 2 aromatic rings. The first kappa shape index (κ1) is 15.7. The zero-order valence-electron chi connectivity index (χ0n) is 13.5. The van der Waals surface area contributed by atoms with Crippen molar-refractivity contribution in [3.05, 3.63) is 48.8 Å². The summed E-state index contributed by atoms with van der Waals surface area (Å²) in [5, 5.41) is 3.05. The van der Waals surface area contributed by atoms with E-state index in [-0.39, 0.29) is 17.9 Å². The van der Waals surface area contributed by atoms with Gasteiger partial charge in [0.25, 0.3) is 0 Å². The Kier molecular flexibility index (Phi) is 4.72. The van der Waals surface area contributed by atoms with Crippen molar-refractivity contribution < 1.29 is 9.53 Å². The molecule has 1 aromatic carbocycles. The Labute approximate surface area is 136 Å². The number of pyridine rings is 1. The molecule has 2 atom stereocenters. The average Bonchev–Trinajstić information content (AvgIpc) is 3.06. The lowest BCUT2D eigenvalue weighted by atomic mass is 9.92. The van der Waals surface area contributed by atoms with Gasteiger partial charge in [-0.2, -0.15) is 0 Å². The van der Waals surface area contributed by atoms with Crippen LogP contribution in [0.25, 0.3) is 11.1 Å². The monoisotopic (exact) mass is 310 g/mol. The number of hydrogen-bond acceptors (Lipinski definition) is 3. The lowest BCUT2D eigenvalue weighted by Crippen LogP contribution is -2.33. The molecule has 0 spiro atoms. The molecule has 1 aliphatic rings. The van der Waals surface area contributed by atoms with Crippen molar-refractivity contribution in [2.75, 3.05) is 11.9 Å². The molecule has 1 aromatic heterocycles. The highest BCUT2D eigenvalue weighted by molar-refractivity contribution is 5.96. The Morgan fingerprint density at radius 1 is 1.26 bits per heavy atom. The van der Waals surface area contributed by atoms with E-state index in [0.717, 1.165) is 23.2 Å². The molecule has 0 aliphatic carbocycles. The predicted molar refractivity (Wildman–Crippen MR) is 91.0 cm³/mol. The summed E-state index contributed by atoms with van der Waals surface area (Å²) in [6.07, 6.45) is 4.22. The molecular weight excluding hydrogens is 288 g/mol. The fourth-order valence-electron chi connectivity index (χ4n) is 3.14. The first-order valence-corrected chi connectivity index (χ1v) is 8.08. The van der Waals surface area contributed by atoms with Gasteiger partial charge in [-0.25, -0.2) is 0 Å². The van der Waals surface area contributed by atoms with Crippen molar-refractivity contribution in [2.24, 2.45) is 11.8 Å². The van der Waals surface area contributed by atoms with E-state index in [1.165, 1.54) is 0 Å². The normalized spacial score (nSPS) is 20.7. The fraction of sp³-hybridized carbons (Fsp3) is 0.368. The van der Waals surface area contributed by atoms with Gasteiger partial charge in [0.05, 0.1) is 23.9 Å². The number of rotatable bonds is 4. The standard InChI is InChI=1S/C19H22N2O2/c1-13(2)18-16(9-11-23-18)19(22)21-17-12-20-10-8-15(17)14-6-4-3-5-7-14/h3-8,10,12-13,16,18H,9,11H2,1-2H3,(H,21,22). The highest BCUT2D eigenvalue weighted by Gasteiger charge is 2.36. The second-order valence-electron chi connectivity index (χ2n) is 6.25. The molecular formula is C19H22N2O2. The molecule has 4 heteroatoms. The van der Waals surface area contributed by atoms with Crippen LogP contribution in [0, 0.1) is 11.8 Å². The lowest BCUT2D eigenvalue weighted by Gasteiger charge is -2.21. The summed E-state index contributed by atoms with van der Waals surface area (Å²) < 4.78 is 5.72. The Hall–Kier alpha value is -2.20. The van der Waals surface area contributed by atoms with Gasteiger partial charge in [-0.3, -0.25) is 9.78 Å². The summed E-state index contributed by atoms with van der Waals surface area (Å²) in [6.45, 7) is 4.84. The molecule has 1 saturated heterocycles. The molecule has 4 nitrogen and oxygen atoms in total. The number of nitrogens with zero attached hydrogens (tertiary/aromatic N) is 1. The summed E-state index contributed by atoms with van der Waals surface area (Å²) in [7, 11) is 0. The van der Waals surface area contributed by atoms with Gasteiger partial charge in [-0.1, -0.05) is 44.2 Å². The SMILES string of the molecule is CC(C)C1OCCC1C(=O)Nc1cnccc1-c1ccccc1. The Bertz CT molecular complexity index is 670. The van der Waals surface area contributed by atoms with Crippen LogP contribution in [0.15, 0.2) is 48.8 Å². The van der Waals surface area contributed by atoms with Gasteiger partial charge < -0.3 is 10.1 Å². The molecule has 0 saturated carbocycles. The quantitative estimate of drug-likeness (QED) is 0.935. The van der Waals surface area contributed by atoms with Crippen LogP contribution in [-0.2, 0) is 9.53 Å². The van der Waals surface area contributed by atoms with E-state index in [1.54, 1.807) is 12.4 Å². The topological polar surface area (TPSA) is 51.2 Å². The molecule has 1 amide bonds. The van der Waals surface area contributed by atoms with E-state index in [0.29, 0.717) is 12.5 Å². The van der Waals surface area contributed by atoms with Crippen molar-refractivity contribution >= 4 is 11.6 Å². The molecule has 120 valence electrons. The second kappa shape index (κ2) is 6.92. The number of carbonyl (C=O) groups excluding carboxylic acids is 1. The van der Waals surface area contributed by atoms with E-state index in [9.17, 15) is 4.79 Å². The molecule has 23 heavy (non-hydrogen) atoms. The summed E-state index contributed by atoms with van der Waals surface area (Å²) in [6, 6.07) is 11.9. The summed E-state index contributed by atoms with van der Waals surface area (Å²) in [4.78, 5) is 16.9. The van der Waals surface area contributed by atoms with E-state index < -0.39 is 0 Å². The van der Waals surface area contributed by atoms with Crippen molar-refractivity contribution in [3.8, 4) is 11.1 Å². The minimum Gasteiger partial charge on any atom is -0.377 e. The van der Waals surface area contributed by atoms with E-state index in [4.69, 9.17) is 4.74 Å². The highest BCUT2D eigenvalue weighted by atomic mass is 16.5. The number of benzene rings is 1. The van der Waals surface area contributed by atoms with Gasteiger partial charge in [-0.05, 0) is 24.0 Å². The van der Waals surface area contributed by atoms with Crippen molar-refractivity contribution in [3.63, 3.8) is 0 Å². The first-order valence-electron chi connectivity index (χ1n) is 8.08. The summed E-state index contributed by atoms with van der Waals surface area (Å²) >= 11 is 0. The molecule has 2 unspecified atom stereocenters. The van der Waals surface area contributed by atoms with E-state index in [2.05, 4.69) is 24.1 Å². The minimum absolute atomic E-state index is 0.00755. The van der Waals surface area contributed by atoms with Gasteiger partial charge in [0.2, 0.25) is 5.91 Å². The van der Waals surface area contributed by atoms with Gasteiger partial charge in [0.15, 0.2) is 0 Å². The zero-order valence-corrected chi connectivity index (χ0v) is 13.5. The maximum atomic E-state index is 12.7. The third kappa shape index (κ3) is 3.42. The van der Waals surface area contributed by atoms with Crippen LogP contribution in [0.3, 0.4) is 0 Å². The van der Waals surface area contributed by atoms with Gasteiger partial charge in [0, 0.05) is 18.4 Å². The molecule has 1 fully saturated rings. The van der Waals surface area contributed by atoms with Crippen molar-refractivity contribution in [1.82, 2.24) is 4.98 Å². The Balaban J connectivity index is 1.82. The van der Waals surface area contributed by atoms with E-state index >= 15 is 0 Å². The molecule has 1 aliphatic heterocycles. The molecule has 1 N–H and O–H groups in total. The molecule has 0 radical (unpaired) electrons. The number of carbonyl (C=O) groups is 1. The third-order valence-electron chi connectivity index (χ3n) is 4.29. The zero-order chi connectivity index (χ0) is 16.2. The van der Waals surface area contributed by atoms with Crippen molar-refractivity contribution in [2.45, 2.75) is 26.4 Å². The number of aromatic nitrogens is 1. The molecule has 3 rings (SSSR count). The number of ether oxygens (including phenoxy) is 1. The van der Waals surface area contributed by atoms with Gasteiger partial charge >= 0.3 is 0 Å². The summed E-state index contributed by atoms with van der Waals surface area (Å²) in [5.74, 6) is 0.251. The van der Waals surface area contributed by atoms with Crippen LogP contribution < -0.4 is 5.32 Å². The molecule has 0 bridgehead atoms. The molecule has 2 heterocycles. The van der Waals surface area contributed by atoms with Crippen molar-refractivity contribution in [1.29, 1.82) is 0 Å². The number of anilines is 1. The number of amides is 1.